The van der Waals surface area contributed by atoms with E-state index in [9.17, 15) is 9.59 Å². The van der Waals surface area contributed by atoms with E-state index in [1.807, 2.05) is 68.4 Å². The van der Waals surface area contributed by atoms with Crippen LogP contribution in [0, 0.1) is 12.8 Å². The van der Waals surface area contributed by atoms with Gasteiger partial charge in [0.1, 0.15) is 5.82 Å². The molecule has 1 aliphatic heterocycles. The molecule has 2 aromatic carbocycles. The van der Waals surface area contributed by atoms with Gasteiger partial charge in [-0.2, -0.15) is 0 Å². The normalized spacial score (nSPS) is 16.1. The van der Waals surface area contributed by atoms with Crippen LogP contribution in [0.1, 0.15) is 25.3 Å². The summed E-state index contributed by atoms with van der Waals surface area (Å²) >= 11 is 0. The van der Waals surface area contributed by atoms with Crippen molar-refractivity contribution < 1.29 is 9.59 Å². The monoisotopic (exact) mass is 416 g/mol. The van der Waals surface area contributed by atoms with E-state index in [0.29, 0.717) is 18.9 Å². The summed E-state index contributed by atoms with van der Waals surface area (Å²) in [5.74, 6) is 0.510. The number of pyridine rings is 1. The SMILES string of the molecule is Cc1ccnc(NC(=O)C2CCN(C(C)C(=O)Nc3cccc4ccccc34)CC2)c1. The van der Waals surface area contributed by atoms with Gasteiger partial charge in [0.15, 0.2) is 0 Å². The zero-order valence-electron chi connectivity index (χ0n) is 18.0. The maximum Gasteiger partial charge on any atom is 0.241 e. The molecule has 1 unspecified atom stereocenters. The lowest BCUT2D eigenvalue weighted by atomic mass is 9.95. The van der Waals surface area contributed by atoms with Gasteiger partial charge in [-0.05, 0) is 68.9 Å². The second-order valence-electron chi connectivity index (χ2n) is 8.21. The predicted octanol–water partition coefficient (Wildman–Crippen LogP) is 4.22. The van der Waals surface area contributed by atoms with Crippen molar-refractivity contribution in [3.8, 4) is 0 Å². The number of hydrogen-bond donors (Lipinski definition) is 2. The smallest absolute Gasteiger partial charge is 0.241 e. The molecule has 0 aliphatic carbocycles. The molecule has 1 aliphatic rings. The van der Waals surface area contributed by atoms with Crippen LogP contribution in [0.15, 0.2) is 60.8 Å². The summed E-state index contributed by atoms with van der Waals surface area (Å²) in [5.41, 5.74) is 1.89. The molecule has 31 heavy (non-hydrogen) atoms. The molecular weight excluding hydrogens is 388 g/mol. The minimum absolute atomic E-state index is 0.00519. The molecule has 0 saturated carbocycles. The Bertz CT molecular complexity index is 1080. The topological polar surface area (TPSA) is 74.3 Å². The Balaban J connectivity index is 1.33. The number of aromatic nitrogens is 1. The van der Waals surface area contributed by atoms with Gasteiger partial charge in [-0.1, -0.05) is 36.4 Å². The summed E-state index contributed by atoms with van der Waals surface area (Å²) in [7, 11) is 0. The van der Waals surface area contributed by atoms with Crippen LogP contribution in [0.3, 0.4) is 0 Å². The average Bonchev–Trinajstić information content (AvgIpc) is 2.79. The zero-order chi connectivity index (χ0) is 21.8. The van der Waals surface area contributed by atoms with Gasteiger partial charge in [0.2, 0.25) is 11.8 Å². The largest absolute Gasteiger partial charge is 0.324 e. The highest BCUT2D eigenvalue weighted by Gasteiger charge is 2.30. The van der Waals surface area contributed by atoms with Gasteiger partial charge in [0, 0.05) is 23.2 Å². The molecule has 3 aromatic rings. The molecule has 0 radical (unpaired) electrons. The third-order valence-corrected chi connectivity index (χ3v) is 6.04. The van der Waals surface area contributed by atoms with Gasteiger partial charge in [-0.25, -0.2) is 4.98 Å². The van der Waals surface area contributed by atoms with E-state index in [-0.39, 0.29) is 23.8 Å². The Hall–Kier alpha value is -3.25. The molecular formula is C25H28N4O2. The lowest BCUT2D eigenvalue weighted by Gasteiger charge is -2.34. The number of anilines is 2. The highest BCUT2D eigenvalue weighted by Crippen LogP contribution is 2.25. The van der Waals surface area contributed by atoms with E-state index >= 15 is 0 Å². The summed E-state index contributed by atoms with van der Waals surface area (Å²) in [4.78, 5) is 31.9. The lowest BCUT2D eigenvalue weighted by molar-refractivity contribution is -0.123. The standard InChI is InChI=1S/C25H28N4O2/c1-17-10-13-26-23(16-17)28-25(31)20-11-14-29(15-12-20)18(2)24(30)27-22-9-5-7-19-6-3-4-8-21(19)22/h3-10,13,16,18,20H,11-12,14-15H2,1-2H3,(H,27,30)(H,26,28,31). The van der Waals surface area contributed by atoms with E-state index < -0.39 is 0 Å². The average molecular weight is 417 g/mol. The second kappa shape index (κ2) is 9.27. The molecule has 160 valence electrons. The van der Waals surface area contributed by atoms with Crippen molar-refractivity contribution in [2.45, 2.75) is 32.7 Å². The van der Waals surface area contributed by atoms with E-state index in [1.54, 1.807) is 6.20 Å². The molecule has 1 aromatic heterocycles. The summed E-state index contributed by atoms with van der Waals surface area (Å²) in [6.45, 7) is 5.32. The fourth-order valence-corrected chi connectivity index (χ4v) is 4.12. The molecule has 2 heterocycles. The molecule has 0 spiro atoms. The second-order valence-corrected chi connectivity index (χ2v) is 8.21. The summed E-state index contributed by atoms with van der Waals surface area (Å²) in [6.07, 6.45) is 3.15. The molecule has 6 heteroatoms. The van der Waals surface area contributed by atoms with Crippen LogP contribution < -0.4 is 10.6 Å². The van der Waals surface area contributed by atoms with Crippen LogP contribution in [0.4, 0.5) is 11.5 Å². The summed E-state index contributed by atoms with van der Waals surface area (Å²) in [6, 6.07) is 17.5. The summed E-state index contributed by atoms with van der Waals surface area (Å²) in [5, 5.41) is 8.14. The van der Waals surface area contributed by atoms with Crippen LogP contribution in [0.25, 0.3) is 10.8 Å². The first kappa shape index (κ1) is 21.0. The zero-order valence-corrected chi connectivity index (χ0v) is 18.0. The van der Waals surface area contributed by atoms with Crippen molar-refractivity contribution >= 4 is 34.1 Å². The van der Waals surface area contributed by atoms with Crippen molar-refractivity contribution in [1.29, 1.82) is 0 Å². The Labute approximate surface area is 182 Å². The summed E-state index contributed by atoms with van der Waals surface area (Å²) < 4.78 is 0. The van der Waals surface area contributed by atoms with Crippen molar-refractivity contribution in [1.82, 2.24) is 9.88 Å². The number of fused-ring (bicyclic) bond motifs is 1. The minimum atomic E-state index is -0.263. The molecule has 1 saturated heterocycles. The predicted molar refractivity (Wildman–Crippen MR) is 124 cm³/mol. The molecule has 1 atom stereocenters. The van der Waals surface area contributed by atoms with Gasteiger partial charge < -0.3 is 10.6 Å². The van der Waals surface area contributed by atoms with Crippen LogP contribution in [0.5, 0.6) is 0 Å². The number of carbonyl (C=O) groups excluding carboxylic acids is 2. The van der Waals surface area contributed by atoms with Crippen LogP contribution in [-0.4, -0.2) is 40.8 Å². The highest BCUT2D eigenvalue weighted by molar-refractivity contribution is 6.03. The first-order chi connectivity index (χ1) is 15.0. The third kappa shape index (κ3) is 4.91. The first-order valence-corrected chi connectivity index (χ1v) is 10.8. The third-order valence-electron chi connectivity index (χ3n) is 6.04. The van der Waals surface area contributed by atoms with Gasteiger partial charge in [0.05, 0.1) is 6.04 Å². The molecule has 2 N–H and O–H groups in total. The number of piperidine rings is 1. The van der Waals surface area contributed by atoms with Gasteiger partial charge >= 0.3 is 0 Å². The van der Waals surface area contributed by atoms with E-state index in [1.165, 1.54) is 0 Å². The number of likely N-dealkylation sites (tertiary alicyclic amines) is 1. The molecule has 2 amide bonds. The number of carbonyl (C=O) groups is 2. The maximum atomic E-state index is 12.9. The molecule has 4 rings (SSSR count). The quantitative estimate of drug-likeness (QED) is 0.653. The van der Waals surface area contributed by atoms with Crippen molar-refractivity contribution in [3.63, 3.8) is 0 Å². The molecule has 1 fully saturated rings. The number of aryl methyl sites for hydroxylation is 1. The van der Waals surface area contributed by atoms with Crippen molar-refractivity contribution in [2.75, 3.05) is 23.7 Å². The van der Waals surface area contributed by atoms with E-state index in [4.69, 9.17) is 0 Å². The van der Waals surface area contributed by atoms with E-state index in [2.05, 4.69) is 20.5 Å². The first-order valence-electron chi connectivity index (χ1n) is 10.8. The fourth-order valence-electron chi connectivity index (χ4n) is 4.12. The molecule has 6 nitrogen and oxygen atoms in total. The Kier molecular flexibility index (Phi) is 6.28. The lowest BCUT2D eigenvalue weighted by Crippen LogP contribution is -2.47. The van der Waals surface area contributed by atoms with Crippen LogP contribution in [0.2, 0.25) is 0 Å². The molecule has 0 bridgehead atoms. The number of amides is 2. The highest BCUT2D eigenvalue weighted by atomic mass is 16.2. The Morgan fingerprint density at radius 2 is 1.77 bits per heavy atom. The fraction of sp³-hybridized carbons (Fsp3) is 0.320. The number of benzene rings is 2. The Morgan fingerprint density at radius 3 is 2.55 bits per heavy atom. The van der Waals surface area contributed by atoms with Gasteiger partial charge in [-0.15, -0.1) is 0 Å². The Morgan fingerprint density at radius 1 is 1.03 bits per heavy atom. The number of rotatable bonds is 5. The van der Waals surface area contributed by atoms with Crippen LogP contribution in [-0.2, 0) is 9.59 Å². The van der Waals surface area contributed by atoms with Crippen LogP contribution >= 0.6 is 0 Å². The number of nitrogens with zero attached hydrogens (tertiary/aromatic N) is 2. The van der Waals surface area contributed by atoms with Gasteiger partial charge in [-0.3, -0.25) is 14.5 Å². The van der Waals surface area contributed by atoms with E-state index in [0.717, 1.165) is 34.9 Å². The minimum Gasteiger partial charge on any atom is -0.324 e. The van der Waals surface area contributed by atoms with Gasteiger partial charge in [0.25, 0.3) is 0 Å². The van der Waals surface area contributed by atoms with Crippen molar-refractivity contribution in [2.24, 2.45) is 5.92 Å². The van der Waals surface area contributed by atoms with Crippen molar-refractivity contribution in [3.05, 3.63) is 66.4 Å². The maximum absolute atomic E-state index is 12.9. The number of hydrogen-bond acceptors (Lipinski definition) is 4. The number of nitrogens with one attached hydrogen (secondary N) is 2.